The van der Waals surface area contributed by atoms with E-state index in [0.717, 1.165) is 55.9 Å². The van der Waals surface area contributed by atoms with Crippen LogP contribution in [0.2, 0.25) is 0 Å². The van der Waals surface area contributed by atoms with Gasteiger partial charge in [0.2, 0.25) is 0 Å². The normalized spacial score (nSPS) is 11.0. The molecule has 0 radical (unpaired) electrons. The van der Waals surface area contributed by atoms with Crippen molar-refractivity contribution in [2.24, 2.45) is 0 Å². The molecule has 282 valence electrons. The minimum Gasteiger partial charge on any atom is -0.256 e. The molecule has 2 heteroatoms. The molecule has 60 heavy (non-hydrogen) atoms. The molecule has 10 rings (SSSR count). The Kier molecular flexibility index (Phi) is 10.0. The van der Waals surface area contributed by atoms with E-state index in [0.29, 0.717) is 0 Å². The number of benzene rings is 8. The topological polar surface area (TPSA) is 25.8 Å². The van der Waals surface area contributed by atoms with Crippen LogP contribution in [-0.2, 0) is 0 Å². The maximum atomic E-state index is 4.77. The van der Waals surface area contributed by atoms with Gasteiger partial charge in [-0.2, -0.15) is 0 Å². The van der Waals surface area contributed by atoms with Crippen molar-refractivity contribution in [2.45, 2.75) is 0 Å². The summed E-state index contributed by atoms with van der Waals surface area (Å²) in [6.07, 6.45) is 3.71. The van der Waals surface area contributed by atoms with Crippen LogP contribution >= 0.6 is 0 Å². The molecule has 0 aliphatic rings. The summed E-state index contributed by atoms with van der Waals surface area (Å²) in [5, 5.41) is 0. The van der Waals surface area contributed by atoms with E-state index in [-0.39, 0.29) is 0 Å². The predicted molar refractivity (Wildman–Crippen MR) is 251 cm³/mol. The van der Waals surface area contributed by atoms with Crippen molar-refractivity contribution in [3.05, 3.63) is 243 Å². The molecule has 0 unspecified atom stereocenters. The van der Waals surface area contributed by atoms with E-state index in [9.17, 15) is 0 Å². The Labute approximate surface area is 351 Å². The van der Waals surface area contributed by atoms with Crippen LogP contribution < -0.4 is 0 Å². The van der Waals surface area contributed by atoms with Gasteiger partial charge in [-0.05, 0) is 151 Å². The highest BCUT2D eigenvalue weighted by Gasteiger charge is 2.16. The van der Waals surface area contributed by atoms with Crippen LogP contribution in [-0.4, -0.2) is 9.97 Å². The summed E-state index contributed by atoms with van der Waals surface area (Å²) in [7, 11) is 0. The zero-order valence-electron chi connectivity index (χ0n) is 33.0. The van der Waals surface area contributed by atoms with Crippen LogP contribution in [0.4, 0.5) is 0 Å². The lowest BCUT2D eigenvalue weighted by atomic mass is 9.87. The van der Waals surface area contributed by atoms with Crippen molar-refractivity contribution in [1.29, 1.82) is 0 Å². The van der Waals surface area contributed by atoms with Gasteiger partial charge in [0, 0.05) is 23.5 Å². The van der Waals surface area contributed by atoms with Gasteiger partial charge in [0.25, 0.3) is 0 Å². The zero-order chi connectivity index (χ0) is 40.1. The molecule has 0 aliphatic heterocycles. The van der Waals surface area contributed by atoms with Crippen molar-refractivity contribution >= 4 is 0 Å². The van der Waals surface area contributed by atoms with Crippen molar-refractivity contribution in [3.8, 4) is 100 Å². The Bertz CT molecular complexity index is 2830. The number of rotatable bonds is 9. The fourth-order valence-electron chi connectivity index (χ4n) is 8.18. The molecule has 0 saturated heterocycles. The predicted octanol–water partition coefficient (Wildman–Crippen LogP) is 15.5. The fourth-order valence-corrected chi connectivity index (χ4v) is 8.18. The van der Waals surface area contributed by atoms with E-state index >= 15 is 0 Å². The molecular weight excluding hydrogens is 725 g/mol. The van der Waals surface area contributed by atoms with E-state index in [4.69, 9.17) is 9.97 Å². The lowest BCUT2D eigenvalue weighted by Crippen LogP contribution is -1.92. The Morgan fingerprint density at radius 2 is 0.483 bits per heavy atom. The Balaban J connectivity index is 1.21. The third-order valence-electron chi connectivity index (χ3n) is 11.2. The van der Waals surface area contributed by atoms with Crippen LogP contribution in [0.5, 0.6) is 0 Å². The van der Waals surface area contributed by atoms with Gasteiger partial charge in [-0.3, -0.25) is 9.97 Å². The first-order chi connectivity index (χ1) is 29.7. The molecule has 0 aliphatic carbocycles. The SMILES string of the molecule is c1ccc(-c2ccc(-c3cc(-c4cc(-c5ccccn5)cc(-c5ccccn5)c4)cc(-c4ccc(-c5ccccc5)c(-c5ccccc5)c4)c3)cc2-c2ccccc2)cc1. The summed E-state index contributed by atoms with van der Waals surface area (Å²) in [5.74, 6) is 0. The Morgan fingerprint density at radius 1 is 0.183 bits per heavy atom. The van der Waals surface area contributed by atoms with Crippen molar-refractivity contribution in [1.82, 2.24) is 9.97 Å². The molecule has 0 amide bonds. The van der Waals surface area contributed by atoms with Crippen LogP contribution in [0.15, 0.2) is 243 Å². The van der Waals surface area contributed by atoms with Gasteiger partial charge in [-0.25, -0.2) is 0 Å². The molecule has 0 fully saturated rings. The molecule has 10 aromatic rings. The maximum Gasteiger partial charge on any atom is 0.0702 e. The van der Waals surface area contributed by atoms with E-state index < -0.39 is 0 Å². The van der Waals surface area contributed by atoms with Crippen molar-refractivity contribution < 1.29 is 0 Å². The summed E-state index contributed by atoms with van der Waals surface area (Å²) in [4.78, 5) is 9.54. The average molecular weight is 765 g/mol. The number of hydrogen-bond acceptors (Lipinski definition) is 2. The highest BCUT2D eigenvalue weighted by Crippen LogP contribution is 2.42. The second-order valence-corrected chi connectivity index (χ2v) is 15.0. The summed E-state index contributed by atoms with van der Waals surface area (Å²) in [6.45, 7) is 0. The van der Waals surface area contributed by atoms with Gasteiger partial charge < -0.3 is 0 Å². The smallest absolute Gasteiger partial charge is 0.0702 e. The third-order valence-corrected chi connectivity index (χ3v) is 11.2. The fraction of sp³-hybridized carbons (Fsp3) is 0. The molecule has 0 spiro atoms. The Morgan fingerprint density at radius 3 is 0.833 bits per heavy atom. The lowest BCUT2D eigenvalue weighted by Gasteiger charge is -2.17. The highest BCUT2D eigenvalue weighted by molar-refractivity contribution is 5.92. The van der Waals surface area contributed by atoms with Gasteiger partial charge in [0.1, 0.15) is 0 Å². The van der Waals surface area contributed by atoms with Gasteiger partial charge in [-0.1, -0.05) is 158 Å². The molecule has 2 heterocycles. The largest absolute Gasteiger partial charge is 0.256 e. The number of nitrogens with zero attached hydrogens (tertiary/aromatic N) is 2. The van der Waals surface area contributed by atoms with Crippen molar-refractivity contribution in [3.63, 3.8) is 0 Å². The second-order valence-electron chi connectivity index (χ2n) is 15.0. The lowest BCUT2D eigenvalue weighted by molar-refractivity contribution is 1.31. The minimum absolute atomic E-state index is 0.918. The van der Waals surface area contributed by atoms with Gasteiger partial charge in [-0.15, -0.1) is 0 Å². The summed E-state index contributed by atoms with van der Waals surface area (Å²) in [5.41, 5.74) is 20.2. The summed E-state index contributed by atoms with van der Waals surface area (Å²) in [6, 6.07) is 82.5. The summed E-state index contributed by atoms with van der Waals surface area (Å²) < 4.78 is 0. The highest BCUT2D eigenvalue weighted by atomic mass is 14.7. The average Bonchev–Trinajstić information content (AvgIpc) is 3.35. The molecule has 8 aromatic carbocycles. The first-order valence-electron chi connectivity index (χ1n) is 20.4. The van der Waals surface area contributed by atoms with Crippen LogP contribution in [0.25, 0.3) is 100 Å². The molecule has 2 aromatic heterocycles. The van der Waals surface area contributed by atoms with Crippen LogP contribution in [0.3, 0.4) is 0 Å². The van der Waals surface area contributed by atoms with E-state index in [2.05, 4.69) is 206 Å². The van der Waals surface area contributed by atoms with Gasteiger partial charge in [0.05, 0.1) is 11.4 Å². The van der Waals surface area contributed by atoms with Gasteiger partial charge in [0.15, 0.2) is 0 Å². The Hall–Kier alpha value is -7.94. The van der Waals surface area contributed by atoms with E-state index in [1.165, 1.54) is 44.5 Å². The molecule has 0 saturated carbocycles. The molecule has 0 N–H and O–H groups in total. The van der Waals surface area contributed by atoms with E-state index in [1.54, 1.807) is 0 Å². The van der Waals surface area contributed by atoms with Crippen molar-refractivity contribution in [2.75, 3.05) is 0 Å². The molecular formula is C58H40N2. The first-order valence-corrected chi connectivity index (χ1v) is 20.4. The number of hydrogen-bond donors (Lipinski definition) is 0. The number of pyridine rings is 2. The second kappa shape index (κ2) is 16.5. The molecule has 0 bridgehead atoms. The van der Waals surface area contributed by atoms with Gasteiger partial charge >= 0.3 is 0 Å². The summed E-state index contributed by atoms with van der Waals surface area (Å²) >= 11 is 0. The molecule has 0 atom stereocenters. The minimum atomic E-state index is 0.918. The quantitative estimate of drug-likeness (QED) is 0.146. The monoisotopic (exact) mass is 764 g/mol. The number of aromatic nitrogens is 2. The maximum absolute atomic E-state index is 4.77. The molecule has 2 nitrogen and oxygen atoms in total. The first kappa shape index (κ1) is 36.4. The zero-order valence-corrected chi connectivity index (χ0v) is 33.0. The standard InChI is InChI=1S/C58H40N2/c1-5-17-41(18-6-1)53-29-27-45(39-55(53)43-21-9-3-10-22-43)47-33-48(46-28-30-54(42-19-7-2-8-20-42)56(40-46)44-23-11-4-12-24-44)35-49(34-47)50-36-51(57-25-13-15-31-59-57)38-52(37-50)58-26-14-16-32-60-58/h1-40H. The van der Waals surface area contributed by atoms with E-state index in [1.807, 2.05) is 36.7 Å². The third kappa shape index (κ3) is 7.58. The van der Waals surface area contributed by atoms with Crippen LogP contribution in [0, 0.1) is 0 Å². The van der Waals surface area contributed by atoms with Crippen LogP contribution in [0.1, 0.15) is 0 Å².